The van der Waals surface area contributed by atoms with Crippen molar-refractivity contribution in [2.24, 2.45) is 0 Å². The van der Waals surface area contributed by atoms with Crippen LogP contribution in [-0.2, 0) is 19.6 Å². The highest BCUT2D eigenvalue weighted by molar-refractivity contribution is 5.30. The van der Waals surface area contributed by atoms with Crippen LogP contribution in [-0.4, -0.2) is 41.4 Å². The van der Waals surface area contributed by atoms with Gasteiger partial charge in [-0.25, -0.2) is 0 Å². The van der Waals surface area contributed by atoms with Crippen molar-refractivity contribution in [3.8, 4) is 5.69 Å². The van der Waals surface area contributed by atoms with E-state index in [1.165, 1.54) is 24.2 Å². The first kappa shape index (κ1) is 13.9. The van der Waals surface area contributed by atoms with Crippen LogP contribution in [0.2, 0.25) is 0 Å². The van der Waals surface area contributed by atoms with Gasteiger partial charge in [-0.05, 0) is 41.5 Å². The lowest BCUT2D eigenvalue weighted by Gasteiger charge is -2.26. The predicted molar refractivity (Wildman–Crippen MR) is 87.5 cm³/mol. The lowest BCUT2D eigenvalue weighted by atomic mass is 10.2. The second-order valence-electron chi connectivity index (χ2n) is 6.61. The summed E-state index contributed by atoms with van der Waals surface area (Å²) in [7, 11) is 0. The Morgan fingerprint density at radius 1 is 1.08 bits per heavy atom. The van der Waals surface area contributed by atoms with Crippen molar-refractivity contribution in [1.82, 2.24) is 34.9 Å². The van der Waals surface area contributed by atoms with E-state index in [0.29, 0.717) is 5.92 Å². The number of nitrogens with zero attached hydrogens (tertiary/aromatic N) is 7. The summed E-state index contributed by atoms with van der Waals surface area (Å²) >= 11 is 0. The van der Waals surface area contributed by atoms with Crippen LogP contribution in [0.4, 0.5) is 0 Å². The summed E-state index contributed by atoms with van der Waals surface area (Å²) in [4.78, 5) is 2.39. The monoisotopic (exact) mass is 321 g/mol. The van der Waals surface area contributed by atoms with Gasteiger partial charge in [0, 0.05) is 19.0 Å². The average molecular weight is 321 g/mol. The third-order valence-electron chi connectivity index (χ3n) is 4.79. The highest BCUT2D eigenvalue weighted by Gasteiger charge is 2.29. The minimum Gasteiger partial charge on any atom is -0.288 e. The summed E-state index contributed by atoms with van der Waals surface area (Å²) in [6, 6.07) is 12.3. The molecular formula is C17H19N7. The minimum absolute atomic E-state index is 0.710. The van der Waals surface area contributed by atoms with Crippen molar-refractivity contribution in [2.75, 3.05) is 6.54 Å². The van der Waals surface area contributed by atoms with Gasteiger partial charge in [0.1, 0.15) is 0 Å². The van der Waals surface area contributed by atoms with Gasteiger partial charge < -0.3 is 0 Å². The number of aromatic nitrogens is 6. The molecule has 7 nitrogen and oxygen atoms in total. The maximum atomic E-state index is 4.75. The van der Waals surface area contributed by atoms with Gasteiger partial charge in [0.25, 0.3) is 0 Å². The largest absolute Gasteiger partial charge is 0.288 e. The molecule has 1 aromatic carbocycles. The van der Waals surface area contributed by atoms with Gasteiger partial charge in [0.2, 0.25) is 0 Å². The first-order chi connectivity index (χ1) is 11.9. The Morgan fingerprint density at radius 2 is 1.96 bits per heavy atom. The first-order valence-corrected chi connectivity index (χ1v) is 8.48. The highest BCUT2D eigenvalue weighted by atomic mass is 15.5. The van der Waals surface area contributed by atoms with E-state index >= 15 is 0 Å². The SMILES string of the molecule is c1ccc(-n2nnnc2CN2CCn3nc(C4CC4)cc3C2)cc1. The van der Waals surface area contributed by atoms with Crippen LogP contribution in [0, 0.1) is 0 Å². The highest BCUT2D eigenvalue weighted by Crippen LogP contribution is 2.39. The van der Waals surface area contributed by atoms with Gasteiger partial charge in [-0.15, -0.1) is 5.10 Å². The zero-order valence-electron chi connectivity index (χ0n) is 13.4. The van der Waals surface area contributed by atoms with Crippen LogP contribution in [0.15, 0.2) is 36.4 Å². The van der Waals surface area contributed by atoms with E-state index in [0.717, 1.165) is 37.7 Å². The van der Waals surface area contributed by atoms with Crippen molar-refractivity contribution >= 4 is 0 Å². The maximum Gasteiger partial charge on any atom is 0.170 e. The smallest absolute Gasteiger partial charge is 0.170 e. The van der Waals surface area contributed by atoms with Gasteiger partial charge >= 0.3 is 0 Å². The molecule has 0 saturated heterocycles. The van der Waals surface area contributed by atoms with Gasteiger partial charge in [-0.3, -0.25) is 9.58 Å². The number of tetrazole rings is 1. The van der Waals surface area contributed by atoms with Crippen LogP contribution >= 0.6 is 0 Å². The van der Waals surface area contributed by atoms with Gasteiger partial charge in [-0.1, -0.05) is 18.2 Å². The Hall–Kier alpha value is -2.54. The number of rotatable bonds is 4. The van der Waals surface area contributed by atoms with E-state index < -0.39 is 0 Å². The number of para-hydroxylation sites is 1. The summed E-state index contributed by atoms with van der Waals surface area (Å²) < 4.78 is 3.99. The molecule has 0 radical (unpaired) electrons. The average Bonchev–Trinajstić information content (AvgIpc) is 3.22. The topological polar surface area (TPSA) is 64.7 Å². The minimum atomic E-state index is 0.710. The quantitative estimate of drug-likeness (QED) is 0.732. The molecule has 0 bridgehead atoms. The molecule has 122 valence electrons. The molecule has 1 fully saturated rings. The Balaban J connectivity index is 1.35. The molecule has 2 aliphatic rings. The second-order valence-corrected chi connectivity index (χ2v) is 6.61. The molecule has 0 amide bonds. The molecule has 0 N–H and O–H groups in total. The van der Waals surface area contributed by atoms with E-state index in [4.69, 9.17) is 5.10 Å². The van der Waals surface area contributed by atoms with Crippen LogP contribution < -0.4 is 0 Å². The molecule has 24 heavy (non-hydrogen) atoms. The lowest BCUT2D eigenvalue weighted by molar-refractivity contribution is 0.199. The molecule has 0 unspecified atom stereocenters. The summed E-state index contributed by atoms with van der Waals surface area (Å²) in [5, 5.41) is 17.0. The zero-order valence-corrected chi connectivity index (χ0v) is 13.4. The van der Waals surface area contributed by atoms with Crippen LogP contribution in [0.1, 0.15) is 36.0 Å². The molecule has 5 rings (SSSR count). The number of hydrogen-bond acceptors (Lipinski definition) is 5. The van der Waals surface area contributed by atoms with Gasteiger partial charge in [0.15, 0.2) is 5.82 Å². The van der Waals surface area contributed by atoms with E-state index in [-0.39, 0.29) is 0 Å². The summed E-state index contributed by atoms with van der Waals surface area (Å²) in [5.41, 5.74) is 3.58. The maximum absolute atomic E-state index is 4.75. The molecule has 2 aromatic heterocycles. The summed E-state index contributed by atoms with van der Waals surface area (Å²) in [5.74, 6) is 1.58. The Labute approximate surface area is 139 Å². The predicted octanol–water partition coefficient (Wildman–Crippen LogP) is 1.75. The molecule has 1 aliphatic heterocycles. The van der Waals surface area contributed by atoms with E-state index in [1.807, 2.05) is 35.0 Å². The lowest BCUT2D eigenvalue weighted by Crippen LogP contribution is -2.34. The van der Waals surface area contributed by atoms with Gasteiger partial charge in [0.05, 0.1) is 30.2 Å². The second kappa shape index (κ2) is 5.52. The molecule has 3 heterocycles. The van der Waals surface area contributed by atoms with Crippen molar-refractivity contribution in [2.45, 2.75) is 38.4 Å². The fourth-order valence-corrected chi connectivity index (χ4v) is 3.33. The van der Waals surface area contributed by atoms with E-state index in [2.05, 4.69) is 31.2 Å². The molecule has 1 saturated carbocycles. The first-order valence-electron chi connectivity index (χ1n) is 8.48. The van der Waals surface area contributed by atoms with Crippen LogP contribution in [0.3, 0.4) is 0 Å². The van der Waals surface area contributed by atoms with E-state index in [9.17, 15) is 0 Å². The van der Waals surface area contributed by atoms with Crippen molar-refractivity contribution in [1.29, 1.82) is 0 Å². The number of fused-ring (bicyclic) bond motifs is 1. The van der Waals surface area contributed by atoms with Crippen LogP contribution in [0.25, 0.3) is 5.69 Å². The number of hydrogen-bond donors (Lipinski definition) is 0. The standard InChI is InChI=1S/C17H19N7/c1-2-4-14(5-3-1)24-17(18-20-21-24)12-22-8-9-23-15(11-22)10-16(19-23)13-6-7-13/h1-5,10,13H,6-9,11-12H2. The third kappa shape index (κ3) is 2.50. The fourth-order valence-electron chi connectivity index (χ4n) is 3.33. The molecule has 1 aliphatic carbocycles. The van der Waals surface area contributed by atoms with Gasteiger partial charge in [-0.2, -0.15) is 9.78 Å². The van der Waals surface area contributed by atoms with Crippen molar-refractivity contribution < 1.29 is 0 Å². The molecule has 0 atom stereocenters. The molecule has 0 spiro atoms. The summed E-state index contributed by atoms with van der Waals surface area (Å²) in [6.45, 7) is 3.56. The van der Waals surface area contributed by atoms with E-state index in [1.54, 1.807) is 0 Å². The Morgan fingerprint density at radius 3 is 2.79 bits per heavy atom. The number of benzene rings is 1. The third-order valence-corrected chi connectivity index (χ3v) is 4.79. The van der Waals surface area contributed by atoms with Crippen LogP contribution in [0.5, 0.6) is 0 Å². The van der Waals surface area contributed by atoms with Crippen molar-refractivity contribution in [3.63, 3.8) is 0 Å². The molecule has 7 heteroatoms. The van der Waals surface area contributed by atoms with Crippen molar-refractivity contribution in [3.05, 3.63) is 53.6 Å². The Kier molecular flexibility index (Phi) is 3.19. The zero-order chi connectivity index (χ0) is 15.9. The normalized spacial score (nSPS) is 17.8. The fraction of sp³-hybridized carbons (Fsp3) is 0.412. The summed E-state index contributed by atoms with van der Waals surface area (Å²) in [6.07, 6.45) is 2.60. The molecular weight excluding hydrogens is 302 g/mol. The molecule has 3 aromatic rings. The Bertz CT molecular complexity index is 847.